The molecular formula is C25H28ClN5O3. The van der Waals surface area contributed by atoms with Crippen LogP contribution in [-0.4, -0.2) is 45.8 Å². The highest BCUT2D eigenvalue weighted by Crippen LogP contribution is 2.25. The summed E-state index contributed by atoms with van der Waals surface area (Å²) in [6.07, 6.45) is -0.208. The minimum atomic E-state index is -0.208. The van der Waals surface area contributed by atoms with Crippen LogP contribution in [-0.2, 0) is 13.1 Å². The van der Waals surface area contributed by atoms with Gasteiger partial charge in [0.05, 0.1) is 6.54 Å². The Morgan fingerprint density at radius 2 is 2.03 bits per heavy atom. The molecule has 0 saturated carbocycles. The molecule has 0 saturated heterocycles. The summed E-state index contributed by atoms with van der Waals surface area (Å²) >= 11 is 6.09. The molecule has 8 nitrogen and oxygen atoms in total. The lowest BCUT2D eigenvalue weighted by atomic mass is 10.1. The number of aromatic amines is 1. The molecule has 1 unspecified atom stereocenters. The second-order valence-electron chi connectivity index (χ2n) is 8.57. The van der Waals surface area contributed by atoms with E-state index < -0.39 is 0 Å². The van der Waals surface area contributed by atoms with Crippen molar-refractivity contribution >= 4 is 28.4 Å². The second-order valence-corrected chi connectivity index (χ2v) is 9.01. The predicted octanol–water partition coefficient (Wildman–Crippen LogP) is 4.65. The SMILES string of the molecule is Cc1nonc1CN(C)Cc1cccc(OC(C)CNC(=O)c2[nH]c3ccc(Cl)cc3c2C)c1. The normalized spacial score (nSPS) is 12.3. The fraction of sp³-hybridized carbons (Fsp3) is 0.320. The monoisotopic (exact) mass is 481 g/mol. The molecule has 0 bridgehead atoms. The van der Waals surface area contributed by atoms with E-state index in [1.54, 1.807) is 6.07 Å². The highest BCUT2D eigenvalue weighted by molar-refractivity contribution is 6.31. The Balaban J connectivity index is 1.32. The molecule has 178 valence electrons. The third-order valence-corrected chi connectivity index (χ3v) is 5.89. The lowest BCUT2D eigenvalue weighted by molar-refractivity contribution is 0.0927. The van der Waals surface area contributed by atoms with Crippen molar-refractivity contribution in [2.45, 2.75) is 40.0 Å². The molecule has 1 atom stereocenters. The topological polar surface area (TPSA) is 96.3 Å². The Hall–Kier alpha value is -3.36. The van der Waals surface area contributed by atoms with Gasteiger partial charge in [-0.05, 0) is 69.3 Å². The third kappa shape index (κ3) is 5.58. The zero-order valence-electron chi connectivity index (χ0n) is 19.7. The van der Waals surface area contributed by atoms with Gasteiger partial charge in [0.2, 0.25) is 0 Å². The number of carbonyl (C=O) groups excluding carboxylic acids is 1. The van der Waals surface area contributed by atoms with Crippen molar-refractivity contribution in [2.75, 3.05) is 13.6 Å². The highest BCUT2D eigenvalue weighted by atomic mass is 35.5. The van der Waals surface area contributed by atoms with Crippen molar-refractivity contribution in [3.8, 4) is 5.75 Å². The number of amides is 1. The standard InChI is InChI=1S/C25H28ClN5O3/c1-15(12-27-25(32)24-16(2)21-11-19(26)8-9-22(21)28-24)33-20-7-5-6-18(10-20)13-31(4)14-23-17(3)29-34-30-23/h5-11,15,28H,12-14H2,1-4H3,(H,27,32). The molecule has 1 amide bonds. The molecular weight excluding hydrogens is 454 g/mol. The minimum absolute atomic E-state index is 0.173. The largest absolute Gasteiger partial charge is 0.489 e. The van der Waals surface area contributed by atoms with E-state index in [0.29, 0.717) is 23.8 Å². The molecule has 2 heterocycles. The van der Waals surface area contributed by atoms with Gasteiger partial charge in [-0.2, -0.15) is 0 Å². The van der Waals surface area contributed by atoms with E-state index in [-0.39, 0.29) is 12.0 Å². The van der Waals surface area contributed by atoms with Crippen LogP contribution in [0.3, 0.4) is 0 Å². The van der Waals surface area contributed by atoms with Gasteiger partial charge < -0.3 is 15.0 Å². The maximum Gasteiger partial charge on any atom is 0.268 e. The summed E-state index contributed by atoms with van der Waals surface area (Å²) in [5.41, 5.74) is 5.02. The van der Waals surface area contributed by atoms with E-state index in [0.717, 1.165) is 45.7 Å². The molecule has 0 aliphatic rings. The number of benzene rings is 2. The number of aromatic nitrogens is 3. The second kappa shape index (κ2) is 10.3. The maximum absolute atomic E-state index is 12.8. The number of H-pyrrole nitrogens is 1. The summed E-state index contributed by atoms with van der Waals surface area (Å²) in [4.78, 5) is 18.1. The molecule has 0 spiro atoms. The smallest absolute Gasteiger partial charge is 0.268 e. The Kier molecular flexibility index (Phi) is 7.19. The molecule has 2 N–H and O–H groups in total. The van der Waals surface area contributed by atoms with E-state index in [1.807, 2.05) is 58.2 Å². The number of fused-ring (bicyclic) bond motifs is 1. The fourth-order valence-electron chi connectivity index (χ4n) is 3.86. The zero-order chi connectivity index (χ0) is 24.2. The van der Waals surface area contributed by atoms with Gasteiger partial charge in [-0.15, -0.1) is 0 Å². The van der Waals surface area contributed by atoms with E-state index in [9.17, 15) is 4.79 Å². The maximum atomic E-state index is 12.8. The predicted molar refractivity (Wildman–Crippen MR) is 131 cm³/mol. The van der Waals surface area contributed by atoms with Crippen LogP contribution < -0.4 is 10.1 Å². The van der Waals surface area contributed by atoms with E-state index in [1.165, 1.54) is 0 Å². The quantitative estimate of drug-likeness (QED) is 0.361. The summed E-state index contributed by atoms with van der Waals surface area (Å²) in [6, 6.07) is 13.5. The summed E-state index contributed by atoms with van der Waals surface area (Å²) in [5.74, 6) is 0.580. The lowest BCUT2D eigenvalue weighted by Gasteiger charge is -2.18. The number of aryl methyl sites for hydroxylation is 2. The summed E-state index contributed by atoms with van der Waals surface area (Å²) in [5, 5.41) is 12.3. The number of rotatable bonds is 9. The number of hydrogen-bond donors (Lipinski definition) is 2. The molecule has 2 aromatic carbocycles. The Morgan fingerprint density at radius 1 is 1.21 bits per heavy atom. The first kappa shape index (κ1) is 23.8. The van der Waals surface area contributed by atoms with Crippen molar-refractivity contribution in [2.24, 2.45) is 0 Å². The summed E-state index contributed by atoms with van der Waals surface area (Å²) in [6.45, 7) is 7.45. The van der Waals surface area contributed by atoms with Crippen LogP contribution in [0.5, 0.6) is 5.75 Å². The van der Waals surface area contributed by atoms with Crippen molar-refractivity contribution in [3.05, 3.63) is 75.7 Å². The first-order valence-corrected chi connectivity index (χ1v) is 11.5. The Labute approximate surface area is 203 Å². The number of carbonyl (C=O) groups is 1. The van der Waals surface area contributed by atoms with Crippen LogP contribution in [0.15, 0.2) is 47.1 Å². The van der Waals surface area contributed by atoms with Crippen LogP contribution in [0.2, 0.25) is 5.02 Å². The third-order valence-electron chi connectivity index (χ3n) is 5.65. The van der Waals surface area contributed by atoms with E-state index in [2.05, 4.69) is 31.6 Å². The molecule has 4 aromatic rings. The van der Waals surface area contributed by atoms with Crippen LogP contribution in [0, 0.1) is 13.8 Å². The molecule has 0 aliphatic carbocycles. The van der Waals surface area contributed by atoms with Gasteiger partial charge >= 0.3 is 0 Å². The highest BCUT2D eigenvalue weighted by Gasteiger charge is 2.16. The summed E-state index contributed by atoms with van der Waals surface area (Å²) < 4.78 is 10.8. The van der Waals surface area contributed by atoms with Gasteiger partial charge in [-0.25, -0.2) is 4.63 Å². The number of hydrogen-bond acceptors (Lipinski definition) is 6. The van der Waals surface area contributed by atoms with Gasteiger partial charge in [0.15, 0.2) is 0 Å². The number of halogens is 1. The van der Waals surface area contributed by atoms with Gasteiger partial charge in [0.25, 0.3) is 5.91 Å². The van der Waals surface area contributed by atoms with Crippen LogP contribution in [0.4, 0.5) is 0 Å². The molecule has 34 heavy (non-hydrogen) atoms. The Bertz CT molecular complexity index is 1300. The van der Waals surface area contributed by atoms with E-state index in [4.69, 9.17) is 21.0 Å². The van der Waals surface area contributed by atoms with Crippen molar-refractivity contribution in [1.82, 2.24) is 25.5 Å². The first-order chi connectivity index (χ1) is 16.3. The van der Waals surface area contributed by atoms with Gasteiger partial charge in [-0.3, -0.25) is 9.69 Å². The fourth-order valence-corrected chi connectivity index (χ4v) is 4.03. The van der Waals surface area contributed by atoms with Gasteiger partial charge in [0.1, 0.15) is 28.9 Å². The molecule has 4 rings (SSSR count). The number of nitrogens with one attached hydrogen (secondary N) is 2. The van der Waals surface area contributed by atoms with Crippen LogP contribution in [0.1, 0.15) is 39.9 Å². The van der Waals surface area contributed by atoms with Crippen LogP contribution >= 0.6 is 11.6 Å². The lowest BCUT2D eigenvalue weighted by Crippen LogP contribution is -2.34. The first-order valence-electron chi connectivity index (χ1n) is 11.1. The molecule has 2 aromatic heterocycles. The van der Waals surface area contributed by atoms with Gasteiger partial charge in [-0.1, -0.05) is 34.0 Å². The molecule has 0 aliphatic heterocycles. The summed E-state index contributed by atoms with van der Waals surface area (Å²) in [7, 11) is 2.01. The Morgan fingerprint density at radius 3 is 2.79 bits per heavy atom. The zero-order valence-corrected chi connectivity index (χ0v) is 20.4. The van der Waals surface area contributed by atoms with Gasteiger partial charge in [0, 0.05) is 29.0 Å². The molecule has 0 fully saturated rings. The van der Waals surface area contributed by atoms with Crippen molar-refractivity contribution in [3.63, 3.8) is 0 Å². The van der Waals surface area contributed by atoms with E-state index >= 15 is 0 Å². The van der Waals surface area contributed by atoms with Crippen molar-refractivity contribution in [1.29, 1.82) is 0 Å². The number of nitrogens with zero attached hydrogens (tertiary/aromatic N) is 3. The number of ether oxygens (including phenoxy) is 1. The average molecular weight is 482 g/mol. The van der Waals surface area contributed by atoms with Crippen molar-refractivity contribution < 1.29 is 14.2 Å². The molecule has 9 heteroatoms. The van der Waals surface area contributed by atoms with Crippen LogP contribution in [0.25, 0.3) is 10.9 Å². The minimum Gasteiger partial charge on any atom is -0.489 e. The average Bonchev–Trinajstić information content (AvgIpc) is 3.35. The molecule has 0 radical (unpaired) electrons.